The summed E-state index contributed by atoms with van der Waals surface area (Å²) in [5.74, 6) is -1.26. The average Bonchev–Trinajstić information content (AvgIpc) is 2.13. The number of carbonyl (C=O) groups excluding carboxylic acids is 1. The highest BCUT2D eigenvalue weighted by molar-refractivity contribution is 9.10. The Morgan fingerprint density at radius 1 is 1.64 bits per heavy atom. The van der Waals surface area contributed by atoms with E-state index in [1.807, 2.05) is 0 Å². The summed E-state index contributed by atoms with van der Waals surface area (Å²) in [5.41, 5.74) is 5.25. The number of hydrogen-bond acceptors (Lipinski definition) is 3. The molecule has 1 aromatic rings. The molecule has 0 spiro atoms. The first-order valence-electron chi connectivity index (χ1n) is 3.98. The van der Waals surface area contributed by atoms with E-state index in [-0.39, 0.29) is 17.9 Å². The molecule has 0 saturated heterocycles. The average molecular weight is 262 g/mol. The van der Waals surface area contributed by atoms with Gasteiger partial charge in [0, 0.05) is 4.47 Å². The van der Waals surface area contributed by atoms with Gasteiger partial charge >= 0.3 is 5.97 Å². The number of benzene rings is 1. The van der Waals surface area contributed by atoms with Crippen molar-refractivity contribution in [3.05, 3.63) is 28.0 Å². The van der Waals surface area contributed by atoms with Crippen LogP contribution in [0.1, 0.15) is 17.3 Å². The van der Waals surface area contributed by atoms with Gasteiger partial charge in [0.1, 0.15) is 5.82 Å². The normalized spacial score (nSPS) is 9.93. The Morgan fingerprint density at radius 3 is 2.86 bits per heavy atom. The van der Waals surface area contributed by atoms with E-state index < -0.39 is 11.8 Å². The van der Waals surface area contributed by atoms with Crippen LogP contribution >= 0.6 is 15.9 Å². The SMILES string of the molecule is CCOC(=O)c1c(Br)ccc(F)c1N. The molecule has 1 aromatic carbocycles. The predicted octanol–water partition coefficient (Wildman–Crippen LogP) is 2.35. The van der Waals surface area contributed by atoms with E-state index in [1.54, 1.807) is 6.92 Å². The van der Waals surface area contributed by atoms with Gasteiger partial charge in [-0.3, -0.25) is 0 Å². The van der Waals surface area contributed by atoms with Gasteiger partial charge in [0.15, 0.2) is 0 Å². The Labute approximate surface area is 89.2 Å². The lowest BCUT2D eigenvalue weighted by Crippen LogP contribution is -2.10. The van der Waals surface area contributed by atoms with Gasteiger partial charge in [0.2, 0.25) is 0 Å². The lowest BCUT2D eigenvalue weighted by atomic mass is 10.2. The lowest BCUT2D eigenvalue weighted by molar-refractivity contribution is 0.0526. The van der Waals surface area contributed by atoms with Crippen molar-refractivity contribution in [2.24, 2.45) is 0 Å². The summed E-state index contributed by atoms with van der Waals surface area (Å²) < 4.78 is 18.2. The van der Waals surface area contributed by atoms with Gasteiger partial charge in [-0.25, -0.2) is 9.18 Å². The maximum atomic E-state index is 13.0. The van der Waals surface area contributed by atoms with Crippen LogP contribution in [0.25, 0.3) is 0 Å². The highest BCUT2D eigenvalue weighted by atomic mass is 79.9. The fraction of sp³-hybridized carbons (Fsp3) is 0.222. The van der Waals surface area contributed by atoms with Gasteiger partial charge in [-0.15, -0.1) is 0 Å². The summed E-state index contributed by atoms with van der Waals surface area (Å²) in [6, 6.07) is 2.60. The van der Waals surface area contributed by atoms with Crippen LogP contribution in [0.5, 0.6) is 0 Å². The molecule has 0 aliphatic heterocycles. The van der Waals surface area contributed by atoms with E-state index in [9.17, 15) is 9.18 Å². The number of rotatable bonds is 2. The zero-order valence-electron chi connectivity index (χ0n) is 7.51. The van der Waals surface area contributed by atoms with E-state index >= 15 is 0 Å². The fourth-order valence-electron chi connectivity index (χ4n) is 0.978. The molecule has 0 amide bonds. The third-order valence-electron chi connectivity index (χ3n) is 1.62. The van der Waals surface area contributed by atoms with Crippen LogP contribution in [-0.2, 0) is 4.74 Å². The van der Waals surface area contributed by atoms with Gasteiger partial charge in [-0.1, -0.05) is 0 Å². The van der Waals surface area contributed by atoms with Crippen LogP contribution < -0.4 is 5.73 Å². The molecular formula is C9H9BrFNO2. The van der Waals surface area contributed by atoms with Gasteiger partial charge in [-0.05, 0) is 35.0 Å². The Morgan fingerprint density at radius 2 is 2.29 bits per heavy atom. The maximum Gasteiger partial charge on any atom is 0.341 e. The zero-order chi connectivity index (χ0) is 10.7. The number of carbonyl (C=O) groups is 1. The monoisotopic (exact) mass is 261 g/mol. The first-order valence-corrected chi connectivity index (χ1v) is 4.77. The molecule has 5 heteroatoms. The predicted molar refractivity (Wildman–Crippen MR) is 54.5 cm³/mol. The zero-order valence-corrected chi connectivity index (χ0v) is 9.10. The van der Waals surface area contributed by atoms with Crippen LogP contribution in [0.4, 0.5) is 10.1 Å². The molecule has 0 fully saturated rings. The second-order valence-corrected chi connectivity index (χ2v) is 3.39. The van der Waals surface area contributed by atoms with Crippen molar-refractivity contribution in [2.45, 2.75) is 6.92 Å². The molecule has 0 aliphatic rings. The first-order chi connectivity index (χ1) is 6.57. The summed E-state index contributed by atoms with van der Waals surface area (Å²) in [6.07, 6.45) is 0. The minimum atomic E-state index is -0.628. The molecule has 76 valence electrons. The quantitative estimate of drug-likeness (QED) is 0.657. The van der Waals surface area contributed by atoms with E-state index in [0.717, 1.165) is 0 Å². The molecule has 3 nitrogen and oxygen atoms in total. The standard InChI is InChI=1S/C9H9BrFNO2/c1-2-14-9(13)7-5(10)3-4-6(11)8(7)12/h3-4H,2,12H2,1H3. The van der Waals surface area contributed by atoms with E-state index in [4.69, 9.17) is 10.5 Å². The van der Waals surface area contributed by atoms with Crippen molar-refractivity contribution in [3.8, 4) is 0 Å². The Bertz CT molecular complexity index is 368. The smallest absolute Gasteiger partial charge is 0.341 e. The molecule has 0 heterocycles. The molecule has 1 rings (SSSR count). The van der Waals surface area contributed by atoms with Crippen molar-refractivity contribution in [3.63, 3.8) is 0 Å². The Hall–Kier alpha value is -1.10. The number of nitrogens with two attached hydrogens (primary N) is 1. The Kier molecular flexibility index (Phi) is 3.46. The fourth-order valence-corrected chi connectivity index (χ4v) is 1.49. The number of anilines is 1. The molecule has 14 heavy (non-hydrogen) atoms. The summed E-state index contributed by atoms with van der Waals surface area (Å²) in [7, 11) is 0. The number of hydrogen-bond donors (Lipinski definition) is 1. The van der Waals surface area contributed by atoms with E-state index in [2.05, 4.69) is 15.9 Å². The third-order valence-corrected chi connectivity index (χ3v) is 2.28. The molecule has 0 atom stereocenters. The lowest BCUT2D eigenvalue weighted by Gasteiger charge is -2.07. The van der Waals surface area contributed by atoms with Crippen LogP contribution in [0.3, 0.4) is 0 Å². The third kappa shape index (κ3) is 2.04. The molecule has 0 aliphatic carbocycles. The van der Waals surface area contributed by atoms with Crippen LogP contribution in [0.2, 0.25) is 0 Å². The van der Waals surface area contributed by atoms with Gasteiger partial charge in [-0.2, -0.15) is 0 Å². The van der Waals surface area contributed by atoms with Crippen molar-refractivity contribution < 1.29 is 13.9 Å². The highest BCUT2D eigenvalue weighted by Crippen LogP contribution is 2.25. The second-order valence-electron chi connectivity index (χ2n) is 2.54. The molecular weight excluding hydrogens is 253 g/mol. The minimum Gasteiger partial charge on any atom is -0.462 e. The number of ether oxygens (including phenoxy) is 1. The van der Waals surface area contributed by atoms with Crippen LogP contribution in [-0.4, -0.2) is 12.6 Å². The van der Waals surface area contributed by atoms with Gasteiger partial charge in [0.05, 0.1) is 17.9 Å². The number of halogens is 2. The molecule has 0 unspecified atom stereocenters. The van der Waals surface area contributed by atoms with Gasteiger partial charge in [0.25, 0.3) is 0 Å². The topological polar surface area (TPSA) is 52.3 Å². The van der Waals surface area contributed by atoms with Crippen molar-refractivity contribution in [2.75, 3.05) is 12.3 Å². The second kappa shape index (κ2) is 4.41. The molecule has 0 saturated carbocycles. The molecule has 0 aromatic heterocycles. The first kappa shape index (κ1) is 11.0. The van der Waals surface area contributed by atoms with Gasteiger partial charge < -0.3 is 10.5 Å². The molecule has 0 bridgehead atoms. The van der Waals surface area contributed by atoms with Crippen molar-refractivity contribution in [1.29, 1.82) is 0 Å². The van der Waals surface area contributed by atoms with Crippen molar-refractivity contribution in [1.82, 2.24) is 0 Å². The summed E-state index contributed by atoms with van der Waals surface area (Å²) in [5, 5.41) is 0. The summed E-state index contributed by atoms with van der Waals surface area (Å²) in [6.45, 7) is 1.89. The maximum absolute atomic E-state index is 13.0. The Balaban J connectivity index is 3.18. The minimum absolute atomic E-state index is 0.0341. The van der Waals surface area contributed by atoms with Crippen molar-refractivity contribution >= 4 is 27.6 Å². The van der Waals surface area contributed by atoms with Crippen LogP contribution in [0.15, 0.2) is 16.6 Å². The molecule has 0 radical (unpaired) electrons. The number of nitrogen functional groups attached to an aromatic ring is 1. The van der Waals surface area contributed by atoms with Crippen LogP contribution in [0, 0.1) is 5.82 Å². The van der Waals surface area contributed by atoms with E-state index in [1.165, 1.54) is 12.1 Å². The summed E-state index contributed by atoms with van der Waals surface area (Å²) in [4.78, 5) is 11.3. The highest BCUT2D eigenvalue weighted by Gasteiger charge is 2.17. The largest absolute Gasteiger partial charge is 0.462 e. The molecule has 2 N–H and O–H groups in total. The summed E-state index contributed by atoms with van der Waals surface area (Å²) >= 11 is 3.10. The van der Waals surface area contributed by atoms with E-state index in [0.29, 0.717) is 4.47 Å². The number of esters is 1.